The molecule has 0 rings (SSSR count). The third-order valence-electron chi connectivity index (χ3n) is 1.16. The Morgan fingerprint density at radius 3 is 2.73 bits per heavy atom. The van der Waals surface area contributed by atoms with E-state index in [2.05, 4.69) is 9.78 Å². The van der Waals surface area contributed by atoms with Gasteiger partial charge < -0.3 is 11.5 Å². The summed E-state index contributed by atoms with van der Waals surface area (Å²) < 4.78 is 0. The van der Waals surface area contributed by atoms with Gasteiger partial charge in [-0.3, -0.25) is 4.79 Å². The van der Waals surface area contributed by atoms with Crippen LogP contribution in [-0.2, 0) is 14.6 Å². The molecule has 0 saturated carbocycles. The number of amides is 1. The fraction of sp³-hybridized carbons (Fsp3) is 0.833. The minimum atomic E-state index is -0.349. The van der Waals surface area contributed by atoms with Crippen LogP contribution in [0, 0.1) is 0 Å². The molecule has 4 N–H and O–H groups in total. The summed E-state index contributed by atoms with van der Waals surface area (Å²) >= 11 is 0. The van der Waals surface area contributed by atoms with Crippen molar-refractivity contribution in [3.05, 3.63) is 0 Å². The van der Waals surface area contributed by atoms with Gasteiger partial charge in [0.05, 0.1) is 13.7 Å². The van der Waals surface area contributed by atoms with Crippen molar-refractivity contribution in [2.24, 2.45) is 11.5 Å². The van der Waals surface area contributed by atoms with Gasteiger partial charge in [0.25, 0.3) is 0 Å². The average molecular weight is 162 g/mol. The zero-order valence-corrected chi connectivity index (χ0v) is 6.58. The lowest BCUT2D eigenvalue weighted by molar-refractivity contribution is -0.274. The highest BCUT2D eigenvalue weighted by Gasteiger charge is 2.04. The zero-order valence-electron chi connectivity index (χ0n) is 6.58. The molecule has 0 unspecified atom stereocenters. The largest absolute Gasteiger partial charge is 0.370 e. The first kappa shape index (κ1) is 10.3. The number of nitrogens with two attached hydrogens (primary N) is 2. The molecule has 0 saturated heterocycles. The zero-order chi connectivity index (χ0) is 8.69. The van der Waals surface area contributed by atoms with Crippen LogP contribution in [0.4, 0.5) is 0 Å². The average Bonchev–Trinajstić information content (AvgIpc) is 1.97. The lowest BCUT2D eigenvalue weighted by Crippen LogP contribution is -2.27. The van der Waals surface area contributed by atoms with Gasteiger partial charge in [-0.05, 0) is 6.42 Å². The van der Waals surface area contributed by atoms with Gasteiger partial charge in [0, 0.05) is 12.5 Å². The number of rotatable bonds is 6. The number of hydrogen-bond acceptors (Lipinski definition) is 4. The number of carbonyl (C=O) groups is 1. The van der Waals surface area contributed by atoms with Gasteiger partial charge in [0.1, 0.15) is 0 Å². The molecule has 0 aliphatic heterocycles. The summed E-state index contributed by atoms with van der Waals surface area (Å²) in [6, 6.07) is -0.192. The fourth-order valence-corrected chi connectivity index (χ4v) is 0.566. The van der Waals surface area contributed by atoms with Crippen LogP contribution in [0.1, 0.15) is 12.8 Å². The van der Waals surface area contributed by atoms with Crippen LogP contribution in [-0.4, -0.2) is 25.7 Å². The maximum absolute atomic E-state index is 10.3. The molecular weight excluding hydrogens is 148 g/mol. The quantitative estimate of drug-likeness (QED) is 0.393. The second-order valence-electron chi connectivity index (χ2n) is 2.22. The molecule has 66 valence electrons. The number of carbonyl (C=O) groups excluding carboxylic acids is 1. The van der Waals surface area contributed by atoms with Crippen molar-refractivity contribution in [2.45, 2.75) is 18.9 Å². The molecular formula is C6H14N2O3. The van der Waals surface area contributed by atoms with Gasteiger partial charge in [-0.15, -0.1) is 0 Å². The van der Waals surface area contributed by atoms with Crippen molar-refractivity contribution in [3.63, 3.8) is 0 Å². The van der Waals surface area contributed by atoms with E-state index in [1.807, 2.05) is 0 Å². The van der Waals surface area contributed by atoms with Crippen molar-refractivity contribution < 1.29 is 14.6 Å². The van der Waals surface area contributed by atoms with Gasteiger partial charge in [0.2, 0.25) is 5.91 Å². The van der Waals surface area contributed by atoms with E-state index >= 15 is 0 Å². The Balaban J connectivity index is 3.22. The lowest BCUT2D eigenvalue weighted by atomic mass is 10.2. The number of hydrogen-bond donors (Lipinski definition) is 2. The molecule has 1 atom stereocenters. The van der Waals surface area contributed by atoms with Crippen LogP contribution in [0.25, 0.3) is 0 Å². The Morgan fingerprint density at radius 2 is 2.27 bits per heavy atom. The van der Waals surface area contributed by atoms with Crippen molar-refractivity contribution in [3.8, 4) is 0 Å². The van der Waals surface area contributed by atoms with Crippen LogP contribution in [0.3, 0.4) is 0 Å². The van der Waals surface area contributed by atoms with Crippen molar-refractivity contribution in [1.82, 2.24) is 0 Å². The Labute approximate surface area is 65.6 Å². The molecule has 0 aromatic heterocycles. The molecule has 0 aromatic rings. The molecule has 11 heavy (non-hydrogen) atoms. The molecule has 0 fully saturated rings. The van der Waals surface area contributed by atoms with E-state index in [0.717, 1.165) is 0 Å². The summed E-state index contributed by atoms with van der Waals surface area (Å²) in [6.45, 7) is 0.282. The molecule has 0 bridgehead atoms. The summed E-state index contributed by atoms with van der Waals surface area (Å²) in [6.07, 6.45) is 0.812. The van der Waals surface area contributed by atoms with E-state index in [1.165, 1.54) is 7.11 Å². The Bertz CT molecular complexity index is 118. The van der Waals surface area contributed by atoms with Crippen LogP contribution >= 0.6 is 0 Å². The third kappa shape index (κ3) is 7.24. The van der Waals surface area contributed by atoms with Crippen LogP contribution in [0.2, 0.25) is 0 Å². The first-order valence-corrected chi connectivity index (χ1v) is 3.36. The summed E-state index contributed by atoms with van der Waals surface area (Å²) in [5, 5.41) is 0. The highest BCUT2D eigenvalue weighted by molar-refractivity contribution is 5.73. The Morgan fingerprint density at radius 1 is 1.64 bits per heavy atom. The molecule has 0 heterocycles. The molecule has 0 aliphatic carbocycles. The minimum Gasteiger partial charge on any atom is -0.370 e. The normalized spacial score (nSPS) is 12.9. The second kappa shape index (κ2) is 6.09. The number of primary amides is 1. The maximum atomic E-state index is 10.3. The maximum Gasteiger partial charge on any atom is 0.217 e. The van der Waals surface area contributed by atoms with Gasteiger partial charge in [-0.2, -0.15) is 0 Å². The Kier molecular flexibility index (Phi) is 5.73. The van der Waals surface area contributed by atoms with E-state index < -0.39 is 0 Å². The standard InChI is InChI=1S/C6H14N2O3/c1-10-11-4-5(7)2-3-6(8)9/h5H,2-4,7H2,1H3,(H2,8,9)/t5-/m0/s1. The van der Waals surface area contributed by atoms with E-state index in [4.69, 9.17) is 11.5 Å². The lowest BCUT2D eigenvalue weighted by Gasteiger charge is -2.07. The molecule has 0 radical (unpaired) electrons. The van der Waals surface area contributed by atoms with Crippen molar-refractivity contribution >= 4 is 5.91 Å². The van der Waals surface area contributed by atoms with Crippen LogP contribution < -0.4 is 11.5 Å². The van der Waals surface area contributed by atoms with E-state index in [1.54, 1.807) is 0 Å². The first-order valence-electron chi connectivity index (χ1n) is 3.36. The predicted octanol–water partition coefficient (Wildman–Crippen LogP) is -0.843. The monoisotopic (exact) mass is 162 g/mol. The fourth-order valence-electron chi connectivity index (χ4n) is 0.566. The molecule has 5 heteroatoms. The summed E-state index contributed by atoms with van der Waals surface area (Å²) in [4.78, 5) is 19.1. The summed E-state index contributed by atoms with van der Waals surface area (Å²) in [5.41, 5.74) is 10.4. The van der Waals surface area contributed by atoms with Crippen molar-refractivity contribution in [2.75, 3.05) is 13.7 Å². The third-order valence-corrected chi connectivity index (χ3v) is 1.16. The Hall–Kier alpha value is -0.650. The smallest absolute Gasteiger partial charge is 0.217 e. The van der Waals surface area contributed by atoms with Crippen molar-refractivity contribution in [1.29, 1.82) is 0 Å². The molecule has 0 aliphatic rings. The van der Waals surface area contributed by atoms with Gasteiger partial charge in [-0.1, -0.05) is 0 Å². The first-order chi connectivity index (χ1) is 5.16. The SMILES string of the molecule is COOC[C@@H](N)CCC(N)=O. The van der Waals surface area contributed by atoms with Gasteiger partial charge in [0.15, 0.2) is 0 Å². The highest BCUT2D eigenvalue weighted by atomic mass is 17.2. The molecule has 0 aromatic carbocycles. The van der Waals surface area contributed by atoms with E-state index in [9.17, 15) is 4.79 Å². The second-order valence-corrected chi connectivity index (χ2v) is 2.22. The predicted molar refractivity (Wildman–Crippen MR) is 39.4 cm³/mol. The van der Waals surface area contributed by atoms with Gasteiger partial charge >= 0.3 is 0 Å². The topological polar surface area (TPSA) is 87.6 Å². The summed E-state index contributed by atoms with van der Waals surface area (Å²) in [5.74, 6) is -0.349. The summed E-state index contributed by atoms with van der Waals surface area (Å²) in [7, 11) is 1.40. The molecule has 5 nitrogen and oxygen atoms in total. The van der Waals surface area contributed by atoms with Crippen LogP contribution in [0.15, 0.2) is 0 Å². The van der Waals surface area contributed by atoms with Gasteiger partial charge in [-0.25, -0.2) is 9.78 Å². The van der Waals surface area contributed by atoms with E-state index in [-0.39, 0.29) is 25.0 Å². The highest BCUT2D eigenvalue weighted by Crippen LogP contribution is 1.93. The minimum absolute atomic E-state index is 0.192. The molecule has 1 amide bonds. The van der Waals surface area contributed by atoms with E-state index in [0.29, 0.717) is 6.42 Å². The molecule has 0 spiro atoms. The van der Waals surface area contributed by atoms with Crippen LogP contribution in [0.5, 0.6) is 0 Å².